The molecule has 3 aromatic rings. The summed E-state index contributed by atoms with van der Waals surface area (Å²) in [6, 6.07) is 12.2. The van der Waals surface area contributed by atoms with Gasteiger partial charge in [0.1, 0.15) is 5.69 Å². The van der Waals surface area contributed by atoms with Gasteiger partial charge in [-0.15, -0.1) is 5.75 Å². The van der Waals surface area contributed by atoms with Gasteiger partial charge in [-0.3, -0.25) is 29.3 Å². The molecule has 2 heterocycles. The number of anilines is 1. The van der Waals surface area contributed by atoms with Crippen molar-refractivity contribution < 1.29 is 14.8 Å². The summed E-state index contributed by atoms with van der Waals surface area (Å²) in [6.45, 7) is 1.70. The monoisotopic (exact) mass is 467 g/mol. The van der Waals surface area contributed by atoms with E-state index in [4.69, 9.17) is 12.2 Å². The summed E-state index contributed by atoms with van der Waals surface area (Å²) < 4.78 is 3.19. The Hall–Kier alpha value is -3.70. The van der Waals surface area contributed by atoms with Gasteiger partial charge in [-0.1, -0.05) is 48.2 Å². The molecule has 2 aromatic carbocycles. The number of aromatic nitrogens is 2. The summed E-state index contributed by atoms with van der Waals surface area (Å²) in [5, 5.41) is 23.2. The minimum absolute atomic E-state index is 0.00817. The number of carbonyl (C=O) groups excluding carboxylic acids is 1. The Morgan fingerprint density at radius 2 is 1.81 bits per heavy atom. The molecule has 0 N–H and O–H groups in total. The maximum Gasteiger partial charge on any atom is 0.296 e. The van der Waals surface area contributed by atoms with Gasteiger partial charge in [-0.05, 0) is 30.7 Å². The lowest BCUT2D eigenvalue weighted by molar-refractivity contribution is -0.385. The minimum Gasteiger partial charge on any atom is -0.872 e. The second-order valence-electron chi connectivity index (χ2n) is 6.91. The molecule has 0 spiro atoms. The lowest BCUT2D eigenvalue weighted by atomic mass is 10.1. The van der Waals surface area contributed by atoms with Crippen molar-refractivity contribution in [3.8, 4) is 11.4 Å². The van der Waals surface area contributed by atoms with Gasteiger partial charge in [-0.25, -0.2) is 4.68 Å². The van der Waals surface area contributed by atoms with Crippen molar-refractivity contribution in [3.05, 3.63) is 85.2 Å². The molecule has 1 saturated heterocycles. The highest BCUT2D eigenvalue weighted by Gasteiger charge is 2.37. The average molecular weight is 468 g/mol. The average Bonchev–Trinajstić information content (AvgIpc) is 3.15. The molecule has 32 heavy (non-hydrogen) atoms. The molecule has 0 saturated carbocycles. The number of nitrogens with zero attached hydrogens (tertiary/aromatic N) is 4. The van der Waals surface area contributed by atoms with Gasteiger partial charge in [0.05, 0.1) is 21.2 Å². The third-order valence-corrected chi connectivity index (χ3v) is 6.33. The lowest BCUT2D eigenvalue weighted by Gasteiger charge is -2.12. The Morgan fingerprint density at radius 1 is 1.12 bits per heavy atom. The quantitative estimate of drug-likeness (QED) is 0.251. The molecular formula is C21H15N4O5S2-. The van der Waals surface area contributed by atoms with Crippen molar-refractivity contribution in [2.24, 2.45) is 7.05 Å². The van der Waals surface area contributed by atoms with Crippen LogP contribution >= 0.6 is 24.0 Å². The second kappa shape index (κ2) is 8.09. The number of thiocarbonyl (C=S) groups is 1. The molecule has 0 bridgehead atoms. The molecular weight excluding hydrogens is 452 g/mol. The Morgan fingerprint density at radius 3 is 2.47 bits per heavy atom. The van der Waals surface area contributed by atoms with Crippen LogP contribution in [0.15, 0.2) is 58.2 Å². The summed E-state index contributed by atoms with van der Waals surface area (Å²) in [7, 11) is 1.70. The van der Waals surface area contributed by atoms with Crippen molar-refractivity contribution in [2.45, 2.75) is 6.92 Å². The number of nitro benzene ring substituents is 1. The van der Waals surface area contributed by atoms with E-state index in [1.165, 1.54) is 10.8 Å². The number of benzene rings is 2. The lowest BCUT2D eigenvalue weighted by Crippen LogP contribution is -2.33. The summed E-state index contributed by atoms with van der Waals surface area (Å²) in [5.74, 6) is -1.04. The molecule has 11 heteroatoms. The summed E-state index contributed by atoms with van der Waals surface area (Å²) in [5.41, 5.74) is 0.568. The van der Waals surface area contributed by atoms with Crippen LogP contribution in [0.4, 0.5) is 11.4 Å². The largest absolute Gasteiger partial charge is 0.872 e. The molecule has 162 valence electrons. The third-order valence-electron chi connectivity index (χ3n) is 5.03. The van der Waals surface area contributed by atoms with E-state index in [0.717, 1.165) is 34.9 Å². The maximum absolute atomic E-state index is 13.3. The predicted molar refractivity (Wildman–Crippen MR) is 124 cm³/mol. The highest BCUT2D eigenvalue weighted by molar-refractivity contribution is 8.27. The van der Waals surface area contributed by atoms with Crippen LogP contribution in [0.2, 0.25) is 0 Å². The van der Waals surface area contributed by atoms with E-state index in [-0.39, 0.29) is 26.2 Å². The van der Waals surface area contributed by atoms with E-state index in [2.05, 4.69) is 0 Å². The zero-order valence-corrected chi connectivity index (χ0v) is 18.5. The smallest absolute Gasteiger partial charge is 0.296 e. The van der Waals surface area contributed by atoms with Crippen LogP contribution in [-0.4, -0.2) is 24.5 Å². The van der Waals surface area contributed by atoms with Crippen LogP contribution in [0.3, 0.4) is 0 Å². The van der Waals surface area contributed by atoms with Gasteiger partial charge in [-0.2, -0.15) is 0 Å². The molecule has 1 aliphatic rings. The third kappa shape index (κ3) is 3.51. The fourth-order valence-electron chi connectivity index (χ4n) is 3.38. The Labute approximate surface area is 191 Å². The number of rotatable bonds is 4. The van der Waals surface area contributed by atoms with Gasteiger partial charge >= 0.3 is 0 Å². The molecule has 1 aliphatic heterocycles. The van der Waals surface area contributed by atoms with Crippen LogP contribution in [0, 0.1) is 17.0 Å². The summed E-state index contributed by atoms with van der Waals surface area (Å²) >= 11 is 6.29. The molecule has 4 rings (SSSR count). The standard InChI is InChI=1S/C21H16N4O5S2/c1-12-18(20(28)24(22(12)2)14-6-4-3-5-7-14)23-19(27)17(32-21(23)31)11-13-10-15(25(29)30)8-9-16(13)26/h3-11,26H,1-2H3/p-1/b17-11-. The number of non-ortho nitro benzene ring substituents is 1. The number of carbonyl (C=O) groups is 1. The number of nitro groups is 1. The number of amides is 1. The topological polar surface area (TPSA) is 113 Å². The molecule has 1 amide bonds. The fourth-order valence-corrected chi connectivity index (χ4v) is 4.64. The second-order valence-corrected chi connectivity index (χ2v) is 8.58. The molecule has 0 aliphatic carbocycles. The zero-order valence-electron chi connectivity index (χ0n) is 16.8. The zero-order chi connectivity index (χ0) is 23.2. The van der Waals surface area contributed by atoms with Crippen molar-refractivity contribution >= 4 is 51.7 Å². The molecule has 0 unspecified atom stereocenters. The number of hydrogen-bond donors (Lipinski definition) is 0. The Bertz CT molecular complexity index is 1370. The molecule has 0 atom stereocenters. The number of hydrogen-bond acceptors (Lipinski definition) is 7. The summed E-state index contributed by atoms with van der Waals surface area (Å²) in [4.78, 5) is 38.1. The van der Waals surface area contributed by atoms with Gasteiger partial charge < -0.3 is 5.11 Å². The van der Waals surface area contributed by atoms with E-state index in [9.17, 15) is 24.8 Å². The van der Waals surface area contributed by atoms with E-state index in [1.807, 2.05) is 6.07 Å². The van der Waals surface area contributed by atoms with Gasteiger partial charge in [0.25, 0.3) is 17.2 Å². The normalized spacial score (nSPS) is 15.1. The molecule has 1 aromatic heterocycles. The van der Waals surface area contributed by atoms with Gasteiger partial charge in [0.2, 0.25) is 0 Å². The highest BCUT2D eigenvalue weighted by atomic mass is 32.2. The van der Waals surface area contributed by atoms with Crippen LogP contribution in [-0.2, 0) is 11.8 Å². The van der Waals surface area contributed by atoms with Crippen LogP contribution in [0.5, 0.6) is 5.75 Å². The van der Waals surface area contributed by atoms with Crippen LogP contribution in [0.25, 0.3) is 11.8 Å². The van der Waals surface area contributed by atoms with E-state index >= 15 is 0 Å². The first-order valence-corrected chi connectivity index (χ1v) is 10.5. The highest BCUT2D eigenvalue weighted by Crippen LogP contribution is 2.37. The maximum atomic E-state index is 13.3. The molecule has 9 nitrogen and oxygen atoms in total. The van der Waals surface area contributed by atoms with Crippen molar-refractivity contribution in [2.75, 3.05) is 4.90 Å². The van der Waals surface area contributed by atoms with Gasteiger partial charge in [0, 0.05) is 19.2 Å². The van der Waals surface area contributed by atoms with Crippen molar-refractivity contribution in [1.82, 2.24) is 9.36 Å². The van der Waals surface area contributed by atoms with Crippen molar-refractivity contribution in [3.63, 3.8) is 0 Å². The number of thioether (sulfide) groups is 1. The first-order chi connectivity index (χ1) is 15.2. The van der Waals surface area contributed by atoms with Gasteiger partial charge in [0.15, 0.2) is 4.32 Å². The fraction of sp³-hybridized carbons (Fsp3) is 0.0952. The minimum atomic E-state index is -0.624. The first kappa shape index (κ1) is 21.5. The SMILES string of the molecule is Cc1c(N2C(=O)/C(=C/c3cc([N+](=O)[O-])ccc3[O-])SC2=S)c(=O)n(-c2ccccc2)n1C. The first-order valence-electron chi connectivity index (χ1n) is 9.28. The van der Waals surface area contributed by atoms with Crippen LogP contribution < -0.4 is 15.6 Å². The van der Waals surface area contributed by atoms with E-state index in [0.29, 0.717) is 11.4 Å². The molecule has 0 radical (unpaired) electrons. The van der Waals surface area contributed by atoms with E-state index < -0.39 is 22.1 Å². The van der Waals surface area contributed by atoms with Crippen molar-refractivity contribution in [1.29, 1.82) is 0 Å². The van der Waals surface area contributed by atoms with E-state index in [1.54, 1.807) is 42.9 Å². The number of para-hydroxylation sites is 1. The Kier molecular flexibility index (Phi) is 5.45. The molecule has 1 fully saturated rings. The Balaban J connectivity index is 1.79. The predicted octanol–water partition coefficient (Wildman–Crippen LogP) is 2.87. The van der Waals surface area contributed by atoms with Crippen LogP contribution in [0.1, 0.15) is 11.3 Å². The summed E-state index contributed by atoms with van der Waals surface area (Å²) in [6.07, 6.45) is 1.27.